The van der Waals surface area contributed by atoms with Crippen LogP contribution in [-0.2, 0) is 0 Å². The van der Waals surface area contributed by atoms with Crippen LogP contribution in [0.4, 0.5) is 0 Å². The van der Waals surface area contributed by atoms with Gasteiger partial charge in [-0.25, -0.2) is 0 Å². The first-order valence-electron chi connectivity index (χ1n) is 7.26. The fraction of sp³-hybridized carbons (Fsp3) is 0.765. The summed E-state index contributed by atoms with van der Waals surface area (Å²) >= 11 is 0. The molecule has 0 spiro atoms. The van der Waals surface area contributed by atoms with Gasteiger partial charge in [0.05, 0.1) is 0 Å². The lowest BCUT2D eigenvalue weighted by Gasteiger charge is -2.24. The van der Waals surface area contributed by atoms with E-state index in [1.165, 1.54) is 0 Å². The minimum atomic E-state index is 0.954. The van der Waals surface area contributed by atoms with Crippen LogP contribution in [0, 0.1) is 23.7 Å². The molecule has 102 valence electrons. The van der Waals surface area contributed by atoms with E-state index in [0.717, 1.165) is 23.7 Å². The highest BCUT2D eigenvalue weighted by Gasteiger charge is 2.40. The largest absolute Gasteiger partial charge is 0.106 e. The first kappa shape index (κ1) is 18.8. The molecule has 3 atom stereocenters. The molecule has 0 heterocycles. The third kappa shape index (κ3) is 6.71. The summed E-state index contributed by atoms with van der Waals surface area (Å²) in [6.07, 6.45) is 7.98. The average molecular weight is 238 g/mol. The van der Waals surface area contributed by atoms with Gasteiger partial charge in [-0.1, -0.05) is 40.2 Å². The molecule has 0 aromatic carbocycles. The summed E-state index contributed by atoms with van der Waals surface area (Å²) in [6.45, 7) is 20.0. The lowest BCUT2D eigenvalue weighted by atomic mass is 9.81. The molecule has 0 amide bonds. The number of hydrogen-bond donors (Lipinski definition) is 0. The molecule has 0 heteroatoms. The van der Waals surface area contributed by atoms with Gasteiger partial charge in [-0.2, -0.15) is 0 Å². The predicted octanol–water partition coefficient (Wildman–Crippen LogP) is 6.10. The Kier molecular flexibility index (Phi) is 13.2. The highest BCUT2D eigenvalue weighted by atomic mass is 14.5. The average Bonchev–Trinajstić information content (AvgIpc) is 2.97. The van der Waals surface area contributed by atoms with E-state index in [4.69, 9.17) is 0 Å². The van der Waals surface area contributed by atoms with Crippen molar-refractivity contribution in [3.8, 4) is 0 Å². The molecule has 0 aromatic rings. The first-order valence-corrected chi connectivity index (χ1v) is 7.26. The van der Waals surface area contributed by atoms with Gasteiger partial charge in [-0.15, -0.1) is 19.7 Å². The summed E-state index contributed by atoms with van der Waals surface area (Å²) in [4.78, 5) is 0. The highest BCUT2D eigenvalue weighted by Crippen LogP contribution is 2.50. The zero-order valence-corrected chi connectivity index (χ0v) is 12.8. The molecule has 17 heavy (non-hydrogen) atoms. The topological polar surface area (TPSA) is 0 Å². The fourth-order valence-corrected chi connectivity index (χ4v) is 3.11. The highest BCUT2D eigenvalue weighted by molar-refractivity contribution is 4.90. The molecule has 2 aliphatic rings. The molecular formula is C17H34. The second-order valence-electron chi connectivity index (χ2n) is 4.99. The van der Waals surface area contributed by atoms with Crippen molar-refractivity contribution in [1.29, 1.82) is 0 Å². The van der Waals surface area contributed by atoms with E-state index in [1.807, 2.05) is 20.8 Å². The van der Waals surface area contributed by atoms with E-state index in [9.17, 15) is 0 Å². The third-order valence-electron chi connectivity index (χ3n) is 3.65. The molecule has 0 saturated heterocycles. The smallest absolute Gasteiger partial charge is 0.0360 e. The van der Waals surface area contributed by atoms with Crippen molar-refractivity contribution in [2.45, 2.75) is 60.3 Å². The first-order chi connectivity index (χ1) is 8.19. The van der Waals surface area contributed by atoms with Crippen LogP contribution in [-0.4, -0.2) is 0 Å². The Hall–Kier alpha value is -0.520. The summed E-state index contributed by atoms with van der Waals surface area (Å²) in [6, 6.07) is 0. The zero-order chi connectivity index (χ0) is 13.8. The summed E-state index contributed by atoms with van der Waals surface area (Å²) < 4.78 is 0. The maximum absolute atomic E-state index is 3.36. The molecule has 2 bridgehead atoms. The van der Waals surface area contributed by atoms with Crippen molar-refractivity contribution in [1.82, 2.24) is 0 Å². The van der Waals surface area contributed by atoms with Crippen LogP contribution in [0.1, 0.15) is 60.3 Å². The molecule has 3 unspecified atom stereocenters. The Morgan fingerprint density at radius 2 is 1.53 bits per heavy atom. The van der Waals surface area contributed by atoms with Crippen LogP contribution in [0.5, 0.6) is 0 Å². The molecular weight excluding hydrogens is 204 g/mol. The normalized spacial score (nSPS) is 28.0. The molecule has 0 aliphatic heterocycles. The lowest BCUT2D eigenvalue weighted by molar-refractivity contribution is 0.256. The standard InChI is InChI=1S/C10H18.C3H6.C2H6.C2H4/c1-7(2)10-6-8-3-4-9(10)5-8;1-3-2;2*1-2/h7-10H,3-6H2,1-2H3;3H,1H2,2H3;1-2H3;1-2H2. The molecule has 0 aromatic heterocycles. The van der Waals surface area contributed by atoms with Crippen molar-refractivity contribution < 1.29 is 0 Å². The maximum Gasteiger partial charge on any atom is -0.0360 e. The number of allylic oxidation sites excluding steroid dienone is 1. The van der Waals surface area contributed by atoms with Gasteiger partial charge in [0.15, 0.2) is 0 Å². The van der Waals surface area contributed by atoms with Crippen molar-refractivity contribution in [2.24, 2.45) is 23.7 Å². The van der Waals surface area contributed by atoms with Crippen LogP contribution >= 0.6 is 0 Å². The quantitative estimate of drug-likeness (QED) is 0.484. The van der Waals surface area contributed by atoms with Gasteiger partial charge in [0.1, 0.15) is 0 Å². The Labute approximate surface area is 110 Å². The second-order valence-corrected chi connectivity index (χ2v) is 4.99. The molecule has 0 nitrogen and oxygen atoms in total. The zero-order valence-electron chi connectivity index (χ0n) is 12.8. The third-order valence-corrected chi connectivity index (χ3v) is 3.65. The van der Waals surface area contributed by atoms with Gasteiger partial charge < -0.3 is 0 Å². The Morgan fingerprint density at radius 1 is 1.06 bits per heavy atom. The van der Waals surface area contributed by atoms with E-state index < -0.39 is 0 Å². The van der Waals surface area contributed by atoms with E-state index in [2.05, 4.69) is 33.6 Å². The van der Waals surface area contributed by atoms with Crippen molar-refractivity contribution >= 4 is 0 Å². The minimum Gasteiger partial charge on any atom is -0.106 e. The van der Waals surface area contributed by atoms with Gasteiger partial charge >= 0.3 is 0 Å². The van der Waals surface area contributed by atoms with Crippen molar-refractivity contribution in [3.63, 3.8) is 0 Å². The fourth-order valence-electron chi connectivity index (χ4n) is 3.11. The SMILES string of the molecule is C=C.C=CC.CC.CC(C)C1CC2CCC1C2. The predicted molar refractivity (Wildman–Crippen MR) is 82.2 cm³/mol. The van der Waals surface area contributed by atoms with Gasteiger partial charge in [0.2, 0.25) is 0 Å². The Bertz CT molecular complexity index is 169. The lowest BCUT2D eigenvalue weighted by Crippen LogP contribution is -2.15. The van der Waals surface area contributed by atoms with E-state index in [-0.39, 0.29) is 0 Å². The molecule has 2 aliphatic carbocycles. The maximum atomic E-state index is 3.36. The van der Waals surface area contributed by atoms with E-state index >= 15 is 0 Å². The summed E-state index contributed by atoms with van der Waals surface area (Å²) in [5.74, 6) is 4.32. The van der Waals surface area contributed by atoms with Crippen molar-refractivity contribution in [3.05, 3.63) is 25.8 Å². The van der Waals surface area contributed by atoms with Gasteiger partial charge in [0, 0.05) is 0 Å². The van der Waals surface area contributed by atoms with Gasteiger partial charge in [-0.3, -0.25) is 0 Å². The van der Waals surface area contributed by atoms with Gasteiger partial charge in [-0.05, 0) is 49.9 Å². The van der Waals surface area contributed by atoms with Crippen molar-refractivity contribution in [2.75, 3.05) is 0 Å². The number of fused-ring (bicyclic) bond motifs is 2. The van der Waals surface area contributed by atoms with E-state index in [1.54, 1.807) is 31.8 Å². The van der Waals surface area contributed by atoms with Gasteiger partial charge in [0.25, 0.3) is 0 Å². The Morgan fingerprint density at radius 3 is 1.71 bits per heavy atom. The monoisotopic (exact) mass is 238 g/mol. The molecule has 0 radical (unpaired) electrons. The minimum absolute atomic E-state index is 0.954. The van der Waals surface area contributed by atoms with Crippen LogP contribution in [0.25, 0.3) is 0 Å². The number of rotatable bonds is 1. The molecule has 2 saturated carbocycles. The van der Waals surface area contributed by atoms with Crippen LogP contribution in [0.2, 0.25) is 0 Å². The summed E-state index contributed by atoms with van der Waals surface area (Å²) in [7, 11) is 0. The van der Waals surface area contributed by atoms with E-state index in [0.29, 0.717) is 0 Å². The molecule has 2 rings (SSSR count). The summed E-state index contributed by atoms with van der Waals surface area (Å²) in [5, 5.41) is 0. The van der Waals surface area contributed by atoms with Crippen LogP contribution < -0.4 is 0 Å². The Balaban J connectivity index is 0. The molecule has 0 N–H and O–H groups in total. The second kappa shape index (κ2) is 12.0. The van der Waals surface area contributed by atoms with Crippen LogP contribution in [0.3, 0.4) is 0 Å². The summed E-state index contributed by atoms with van der Waals surface area (Å²) in [5.41, 5.74) is 0. The van der Waals surface area contributed by atoms with Crippen LogP contribution in [0.15, 0.2) is 25.8 Å². The number of hydrogen-bond acceptors (Lipinski definition) is 0. The molecule has 2 fully saturated rings.